The van der Waals surface area contributed by atoms with E-state index in [1.54, 1.807) is 7.05 Å². The predicted octanol–water partition coefficient (Wildman–Crippen LogP) is 3.06. The fourth-order valence-electron chi connectivity index (χ4n) is 3.79. The van der Waals surface area contributed by atoms with E-state index in [1.807, 2.05) is 38.1 Å². The smallest absolute Gasteiger partial charge is 0.216 e. The summed E-state index contributed by atoms with van der Waals surface area (Å²) in [5.74, 6) is 0.690. The summed E-state index contributed by atoms with van der Waals surface area (Å²) in [5, 5.41) is 6.77. The van der Waals surface area contributed by atoms with E-state index in [9.17, 15) is 8.42 Å². The van der Waals surface area contributed by atoms with E-state index < -0.39 is 10.0 Å². The molecule has 1 aromatic rings. The molecule has 1 aromatic carbocycles. The minimum absolute atomic E-state index is 0. The molecule has 0 aliphatic carbocycles. The molecule has 31 heavy (non-hydrogen) atoms. The largest absolute Gasteiger partial charge is 0.355 e. The highest BCUT2D eigenvalue weighted by atomic mass is 127. The van der Waals surface area contributed by atoms with Crippen LogP contribution in [0, 0.1) is 0 Å². The Morgan fingerprint density at radius 2 is 1.71 bits per heavy atom. The first kappa shape index (κ1) is 28.1. The monoisotopic (exact) mass is 565 g/mol. The van der Waals surface area contributed by atoms with Gasteiger partial charge < -0.3 is 10.6 Å². The Morgan fingerprint density at radius 1 is 1.10 bits per heavy atom. The van der Waals surface area contributed by atoms with Crippen molar-refractivity contribution in [2.75, 3.05) is 26.7 Å². The standard InChI is InChI=1S/C22H39N5O2S.HI/c1-18(2)26-30(28,29)16-20-12-8-7-11-19(20)15-24-21(23-5)25-17-22(3,4)27-13-9-6-10-14-27;/h7-8,11-12,18,26H,6,9-10,13-17H2,1-5H3,(H2,23,24,25);1H. The van der Waals surface area contributed by atoms with Crippen LogP contribution in [0.15, 0.2) is 29.3 Å². The number of hydrogen-bond acceptors (Lipinski definition) is 4. The average molecular weight is 566 g/mol. The van der Waals surface area contributed by atoms with Gasteiger partial charge in [0.25, 0.3) is 0 Å². The molecule has 0 atom stereocenters. The molecular weight excluding hydrogens is 525 g/mol. The lowest BCUT2D eigenvalue weighted by molar-refractivity contribution is 0.0982. The molecule has 7 nitrogen and oxygen atoms in total. The molecule has 0 aromatic heterocycles. The number of piperidine rings is 1. The van der Waals surface area contributed by atoms with Crippen LogP contribution in [0.2, 0.25) is 0 Å². The Labute approximate surface area is 205 Å². The summed E-state index contributed by atoms with van der Waals surface area (Å²) >= 11 is 0. The van der Waals surface area contributed by atoms with E-state index in [0.717, 1.165) is 36.7 Å². The highest BCUT2D eigenvalue weighted by Crippen LogP contribution is 2.19. The van der Waals surface area contributed by atoms with Crippen LogP contribution >= 0.6 is 24.0 Å². The number of nitrogens with zero attached hydrogens (tertiary/aromatic N) is 2. The van der Waals surface area contributed by atoms with Gasteiger partial charge in [0.05, 0.1) is 5.75 Å². The number of nitrogens with one attached hydrogen (secondary N) is 3. The molecule has 1 aliphatic rings. The van der Waals surface area contributed by atoms with E-state index in [0.29, 0.717) is 6.54 Å². The van der Waals surface area contributed by atoms with E-state index in [2.05, 4.69) is 39.1 Å². The molecule has 3 N–H and O–H groups in total. The summed E-state index contributed by atoms with van der Waals surface area (Å²) in [7, 11) is -1.62. The molecule has 0 bridgehead atoms. The fraction of sp³-hybridized carbons (Fsp3) is 0.682. The second kappa shape index (κ2) is 13.0. The Balaban J connectivity index is 0.00000480. The van der Waals surface area contributed by atoms with Crippen molar-refractivity contribution in [1.82, 2.24) is 20.3 Å². The maximum absolute atomic E-state index is 12.3. The molecule has 1 heterocycles. The molecule has 0 unspecified atom stereocenters. The Morgan fingerprint density at radius 3 is 2.29 bits per heavy atom. The lowest BCUT2D eigenvalue weighted by Crippen LogP contribution is -2.54. The van der Waals surface area contributed by atoms with Crippen molar-refractivity contribution in [3.05, 3.63) is 35.4 Å². The van der Waals surface area contributed by atoms with Gasteiger partial charge in [0, 0.05) is 31.7 Å². The normalized spacial score (nSPS) is 16.1. The van der Waals surface area contributed by atoms with Crippen LogP contribution in [0.25, 0.3) is 0 Å². The molecule has 0 amide bonds. The van der Waals surface area contributed by atoms with Gasteiger partial charge in [0.2, 0.25) is 10.0 Å². The van der Waals surface area contributed by atoms with E-state index in [-0.39, 0.29) is 41.3 Å². The van der Waals surface area contributed by atoms with Crippen LogP contribution in [0.3, 0.4) is 0 Å². The number of halogens is 1. The third-order valence-corrected chi connectivity index (χ3v) is 6.97. The van der Waals surface area contributed by atoms with Gasteiger partial charge >= 0.3 is 0 Å². The number of hydrogen-bond donors (Lipinski definition) is 3. The van der Waals surface area contributed by atoms with Gasteiger partial charge in [0.1, 0.15) is 0 Å². The summed E-state index contributed by atoms with van der Waals surface area (Å²) in [6.45, 7) is 11.8. The summed E-state index contributed by atoms with van der Waals surface area (Å²) in [4.78, 5) is 6.88. The van der Waals surface area contributed by atoms with Crippen LogP contribution in [-0.2, 0) is 22.3 Å². The molecule has 0 radical (unpaired) electrons. The quantitative estimate of drug-likeness (QED) is 0.244. The van der Waals surface area contributed by atoms with Crippen LogP contribution in [-0.4, -0.2) is 57.5 Å². The number of guanidine groups is 1. The highest BCUT2D eigenvalue weighted by Gasteiger charge is 2.27. The van der Waals surface area contributed by atoms with Crippen molar-refractivity contribution >= 4 is 40.0 Å². The van der Waals surface area contributed by atoms with Gasteiger partial charge in [-0.2, -0.15) is 0 Å². The zero-order valence-corrected chi connectivity index (χ0v) is 22.7. The minimum atomic E-state index is -3.37. The zero-order valence-electron chi connectivity index (χ0n) is 19.6. The lowest BCUT2D eigenvalue weighted by Gasteiger charge is -2.41. The highest BCUT2D eigenvalue weighted by molar-refractivity contribution is 14.0. The summed E-state index contributed by atoms with van der Waals surface area (Å²) in [6, 6.07) is 7.51. The molecule has 178 valence electrons. The van der Waals surface area contributed by atoms with E-state index in [1.165, 1.54) is 19.3 Å². The number of rotatable bonds is 9. The first-order chi connectivity index (χ1) is 14.1. The molecule has 2 rings (SSSR count). The van der Waals surface area contributed by atoms with Crippen molar-refractivity contribution in [3.63, 3.8) is 0 Å². The van der Waals surface area contributed by atoms with Crippen LogP contribution in [0.1, 0.15) is 58.1 Å². The van der Waals surface area contributed by atoms with Gasteiger partial charge in [0.15, 0.2) is 5.96 Å². The maximum Gasteiger partial charge on any atom is 0.216 e. The second-order valence-electron chi connectivity index (χ2n) is 8.94. The van der Waals surface area contributed by atoms with Crippen molar-refractivity contribution in [3.8, 4) is 0 Å². The van der Waals surface area contributed by atoms with Gasteiger partial charge in [-0.3, -0.25) is 9.89 Å². The predicted molar refractivity (Wildman–Crippen MR) is 140 cm³/mol. The van der Waals surface area contributed by atoms with Gasteiger partial charge in [-0.15, -0.1) is 24.0 Å². The van der Waals surface area contributed by atoms with Crippen LogP contribution in [0.5, 0.6) is 0 Å². The molecular formula is C22H40IN5O2S. The Hall–Kier alpha value is -0.910. The molecule has 0 spiro atoms. The molecule has 1 saturated heterocycles. The Kier molecular flexibility index (Phi) is 11.8. The Bertz CT molecular complexity index is 806. The van der Waals surface area contributed by atoms with Crippen molar-refractivity contribution in [2.45, 2.75) is 70.8 Å². The topological polar surface area (TPSA) is 85.8 Å². The second-order valence-corrected chi connectivity index (χ2v) is 10.7. The van der Waals surface area contributed by atoms with E-state index >= 15 is 0 Å². The average Bonchev–Trinajstić information content (AvgIpc) is 2.68. The fourth-order valence-corrected chi connectivity index (χ4v) is 5.28. The van der Waals surface area contributed by atoms with Gasteiger partial charge in [-0.05, 0) is 64.8 Å². The SMILES string of the molecule is CN=C(NCc1ccccc1CS(=O)(=O)NC(C)C)NCC(C)(C)N1CCCCC1.I. The molecule has 0 saturated carbocycles. The maximum atomic E-state index is 12.3. The number of aliphatic imine (C=N–C) groups is 1. The van der Waals surface area contributed by atoms with Crippen LogP contribution < -0.4 is 15.4 Å². The first-order valence-electron chi connectivity index (χ1n) is 10.9. The molecule has 1 aliphatic heterocycles. The van der Waals surface area contributed by atoms with Crippen molar-refractivity contribution in [1.29, 1.82) is 0 Å². The zero-order chi connectivity index (χ0) is 22.2. The first-order valence-corrected chi connectivity index (χ1v) is 12.5. The summed E-state index contributed by atoms with van der Waals surface area (Å²) in [6.07, 6.45) is 3.86. The van der Waals surface area contributed by atoms with E-state index in [4.69, 9.17) is 0 Å². The molecule has 1 fully saturated rings. The third-order valence-electron chi connectivity index (χ3n) is 5.45. The number of likely N-dealkylation sites (tertiary alicyclic amines) is 1. The van der Waals surface area contributed by atoms with Crippen molar-refractivity contribution < 1.29 is 8.42 Å². The van der Waals surface area contributed by atoms with Crippen molar-refractivity contribution in [2.24, 2.45) is 4.99 Å². The molecule has 9 heteroatoms. The number of benzene rings is 1. The van der Waals surface area contributed by atoms with Crippen LogP contribution in [0.4, 0.5) is 0 Å². The summed E-state index contributed by atoms with van der Waals surface area (Å²) < 4.78 is 27.3. The number of sulfonamides is 1. The minimum Gasteiger partial charge on any atom is -0.355 e. The third kappa shape index (κ3) is 9.63. The summed E-state index contributed by atoms with van der Waals surface area (Å²) in [5.41, 5.74) is 1.79. The van der Waals surface area contributed by atoms with Gasteiger partial charge in [-0.25, -0.2) is 13.1 Å². The van der Waals surface area contributed by atoms with Gasteiger partial charge in [-0.1, -0.05) is 30.7 Å². The lowest BCUT2D eigenvalue weighted by atomic mass is 9.98.